The van der Waals surface area contributed by atoms with Crippen LogP contribution >= 0.6 is 0 Å². The van der Waals surface area contributed by atoms with Crippen LogP contribution in [-0.2, 0) is 4.84 Å². The fourth-order valence-electron chi connectivity index (χ4n) is 2.46. The molecule has 1 aliphatic carbocycles. The van der Waals surface area contributed by atoms with Crippen LogP contribution in [0.3, 0.4) is 0 Å². The third-order valence-electron chi connectivity index (χ3n) is 3.44. The van der Waals surface area contributed by atoms with E-state index in [0.717, 1.165) is 11.5 Å². The van der Waals surface area contributed by atoms with E-state index >= 15 is 0 Å². The van der Waals surface area contributed by atoms with E-state index < -0.39 is 0 Å². The normalized spacial score (nSPS) is 16.6. The van der Waals surface area contributed by atoms with Crippen LogP contribution in [-0.4, -0.2) is 12.8 Å². The number of benzene rings is 1. The molecule has 0 unspecified atom stereocenters. The predicted octanol–water partition coefficient (Wildman–Crippen LogP) is 3.72. The first-order valence-electron chi connectivity index (χ1n) is 6.59. The second kappa shape index (κ2) is 6.86. The van der Waals surface area contributed by atoms with Crippen molar-refractivity contribution in [2.45, 2.75) is 38.0 Å². The molecule has 1 aliphatic rings. The summed E-state index contributed by atoms with van der Waals surface area (Å²) in [6.07, 6.45) is 13.6. The van der Waals surface area contributed by atoms with Gasteiger partial charge in [0.2, 0.25) is 0 Å². The van der Waals surface area contributed by atoms with Crippen LogP contribution in [0.2, 0.25) is 0 Å². The van der Waals surface area contributed by atoms with Crippen molar-refractivity contribution in [1.29, 1.82) is 0 Å². The van der Waals surface area contributed by atoms with Gasteiger partial charge < -0.3 is 4.84 Å². The molecule has 1 aromatic rings. The molecular weight excluding hydrogens is 222 g/mol. The van der Waals surface area contributed by atoms with Crippen LogP contribution in [0.15, 0.2) is 29.4 Å². The molecule has 0 bridgehead atoms. The highest BCUT2D eigenvalue weighted by molar-refractivity contribution is 5.79. The lowest BCUT2D eigenvalue weighted by Crippen LogP contribution is -2.04. The van der Waals surface area contributed by atoms with Crippen molar-refractivity contribution < 1.29 is 4.84 Å². The fraction of sp³-hybridized carbons (Fsp3) is 0.438. The second-order valence-corrected chi connectivity index (χ2v) is 4.71. The number of nitrogens with zero attached hydrogens (tertiary/aromatic N) is 1. The number of hydrogen-bond donors (Lipinski definition) is 0. The summed E-state index contributed by atoms with van der Waals surface area (Å²) in [6.45, 7) is 0.219. The van der Waals surface area contributed by atoms with Crippen molar-refractivity contribution in [3.63, 3.8) is 0 Å². The molecule has 2 rings (SSSR count). The average molecular weight is 241 g/mol. The highest BCUT2D eigenvalue weighted by Crippen LogP contribution is 2.32. The van der Waals surface area contributed by atoms with E-state index in [1.807, 2.05) is 0 Å². The van der Waals surface area contributed by atoms with Gasteiger partial charge in [0.05, 0.1) is 6.21 Å². The molecule has 0 radical (unpaired) electrons. The molecule has 2 heteroatoms. The Labute approximate surface area is 109 Å². The Bertz CT molecular complexity index is 421. The van der Waals surface area contributed by atoms with Crippen LogP contribution in [0.5, 0.6) is 0 Å². The van der Waals surface area contributed by atoms with Gasteiger partial charge in [-0.05, 0) is 29.9 Å². The van der Waals surface area contributed by atoms with Gasteiger partial charge in [-0.3, -0.25) is 0 Å². The first-order chi connectivity index (χ1) is 8.90. The minimum atomic E-state index is 0.219. The second-order valence-electron chi connectivity index (χ2n) is 4.71. The van der Waals surface area contributed by atoms with Gasteiger partial charge in [-0.1, -0.05) is 54.6 Å². The standard InChI is InChI=1S/C16H19NO/c1-2-12-18-17-13-14-8-10-16(11-9-14)15-6-4-3-5-7-15/h1,8-11,13,15H,3-7,12H2. The summed E-state index contributed by atoms with van der Waals surface area (Å²) < 4.78 is 0. The van der Waals surface area contributed by atoms with E-state index in [1.54, 1.807) is 6.21 Å². The summed E-state index contributed by atoms with van der Waals surface area (Å²) >= 11 is 0. The van der Waals surface area contributed by atoms with Crippen molar-refractivity contribution in [3.05, 3.63) is 35.4 Å². The highest BCUT2D eigenvalue weighted by Gasteiger charge is 2.14. The average Bonchev–Trinajstić information content (AvgIpc) is 2.45. The Kier molecular flexibility index (Phi) is 4.84. The lowest BCUT2D eigenvalue weighted by Gasteiger charge is -2.21. The number of rotatable bonds is 4. The molecule has 0 heterocycles. The zero-order valence-corrected chi connectivity index (χ0v) is 10.6. The SMILES string of the molecule is C#CCON=Cc1ccc(C2CCCCC2)cc1. The first kappa shape index (κ1) is 12.7. The van der Waals surface area contributed by atoms with E-state index in [2.05, 4.69) is 35.3 Å². The van der Waals surface area contributed by atoms with Gasteiger partial charge in [-0.2, -0.15) is 0 Å². The van der Waals surface area contributed by atoms with Crippen molar-refractivity contribution in [3.8, 4) is 12.3 Å². The van der Waals surface area contributed by atoms with Gasteiger partial charge in [0.1, 0.15) is 0 Å². The zero-order chi connectivity index (χ0) is 12.6. The summed E-state index contributed by atoms with van der Waals surface area (Å²) in [4.78, 5) is 4.87. The van der Waals surface area contributed by atoms with Crippen molar-refractivity contribution in [2.24, 2.45) is 5.16 Å². The Morgan fingerprint density at radius 3 is 2.61 bits per heavy atom. The van der Waals surface area contributed by atoms with Crippen LogP contribution in [0.4, 0.5) is 0 Å². The lowest BCUT2D eigenvalue weighted by molar-refractivity contribution is 0.181. The van der Waals surface area contributed by atoms with E-state index in [0.29, 0.717) is 0 Å². The maximum Gasteiger partial charge on any atom is 0.177 e. The van der Waals surface area contributed by atoms with Crippen molar-refractivity contribution in [1.82, 2.24) is 0 Å². The molecule has 94 valence electrons. The smallest absolute Gasteiger partial charge is 0.177 e. The first-order valence-corrected chi connectivity index (χ1v) is 6.59. The summed E-state index contributed by atoms with van der Waals surface area (Å²) in [5.74, 6) is 3.12. The van der Waals surface area contributed by atoms with E-state index in [-0.39, 0.29) is 6.61 Å². The van der Waals surface area contributed by atoms with Crippen LogP contribution in [0.1, 0.15) is 49.1 Å². The molecule has 0 spiro atoms. The van der Waals surface area contributed by atoms with Crippen LogP contribution in [0, 0.1) is 12.3 Å². The minimum absolute atomic E-state index is 0.219. The largest absolute Gasteiger partial charge is 0.383 e. The molecule has 0 saturated heterocycles. The van der Waals surface area contributed by atoms with E-state index in [9.17, 15) is 0 Å². The van der Waals surface area contributed by atoms with E-state index in [1.165, 1.54) is 37.7 Å². The Hall–Kier alpha value is -1.75. The monoisotopic (exact) mass is 241 g/mol. The van der Waals surface area contributed by atoms with Gasteiger partial charge in [-0.25, -0.2) is 0 Å². The number of oxime groups is 1. The third-order valence-corrected chi connectivity index (χ3v) is 3.44. The Morgan fingerprint density at radius 1 is 1.22 bits per heavy atom. The molecular formula is C16H19NO. The molecule has 0 N–H and O–H groups in total. The summed E-state index contributed by atoms with van der Waals surface area (Å²) in [7, 11) is 0. The summed E-state index contributed by atoms with van der Waals surface area (Å²) in [6, 6.07) is 8.59. The maximum atomic E-state index is 5.06. The third kappa shape index (κ3) is 3.63. The van der Waals surface area contributed by atoms with E-state index in [4.69, 9.17) is 11.3 Å². The van der Waals surface area contributed by atoms with Gasteiger partial charge in [0.15, 0.2) is 6.61 Å². The number of hydrogen-bond acceptors (Lipinski definition) is 2. The molecule has 0 amide bonds. The molecule has 18 heavy (non-hydrogen) atoms. The molecule has 0 aromatic heterocycles. The molecule has 1 fully saturated rings. The van der Waals surface area contributed by atoms with Gasteiger partial charge in [-0.15, -0.1) is 6.42 Å². The fourth-order valence-corrected chi connectivity index (χ4v) is 2.46. The summed E-state index contributed by atoms with van der Waals surface area (Å²) in [5, 5.41) is 3.81. The molecule has 0 atom stereocenters. The molecule has 0 aliphatic heterocycles. The van der Waals surface area contributed by atoms with Crippen molar-refractivity contribution in [2.75, 3.05) is 6.61 Å². The lowest BCUT2D eigenvalue weighted by atomic mass is 9.84. The zero-order valence-electron chi connectivity index (χ0n) is 10.6. The Morgan fingerprint density at radius 2 is 1.94 bits per heavy atom. The van der Waals surface area contributed by atoms with Crippen LogP contribution in [0.25, 0.3) is 0 Å². The highest BCUT2D eigenvalue weighted by atomic mass is 16.6. The molecule has 1 aromatic carbocycles. The summed E-state index contributed by atoms with van der Waals surface area (Å²) in [5.41, 5.74) is 2.50. The quantitative estimate of drug-likeness (QED) is 0.341. The Balaban J connectivity index is 1.92. The maximum absolute atomic E-state index is 5.06. The van der Waals surface area contributed by atoms with Crippen LogP contribution < -0.4 is 0 Å². The van der Waals surface area contributed by atoms with Gasteiger partial charge in [0.25, 0.3) is 0 Å². The van der Waals surface area contributed by atoms with Gasteiger partial charge >= 0.3 is 0 Å². The molecule has 2 nitrogen and oxygen atoms in total. The predicted molar refractivity (Wildman–Crippen MR) is 74.6 cm³/mol. The topological polar surface area (TPSA) is 21.6 Å². The van der Waals surface area contributed by atoms with Gasteiger partial charge in [0, 0.05) is 0 Å². The number of terminal acetylenes is 1. The minimum Gasteiger partial charge on any atom is -0.383 e. The van der Waals surface area contributed by atoms with Crippen molar-refractivity contribution >= 4 is 6.21 Å². The molecule has 1 saturated carbocycles.